The van der Waals surface area contributed by atoms with Gasteiger partial charge in [-0.2, -0.15) is 15.4 Å². The average molecular weight is 270 g/mol. The number of aromatic amines is 1. The molecule has 1 unspecified atom stereocenters. The summed E-state index contributed by atoms with van der Waals surface area (Å²) in [5, 5.41) is 10.1. The summed E-state index contributed by atoms with van der Waals surface area (Å²) in [5.74, 6) is -0.0200. The number of amides is 1. The number of carbonyl (C=O) groups excluding carboxylic acids is 1. The number of aromatic nitrogens is 3. The SMILES string of the molecule is Cc1ccc(CC2CCCN2C(=O)c2cn[nH]n2)cc1. The zero-order chi connectivity index (χ0) is 13.9. The van der Waals surface area contributed by atoms with Crippen molar-refractivity contribution in [1.29, 1.82) is 0 Å². The first kappa shape index (κ1) is 12.8. The number of carbonyl (C=O) groups is 1. The smallest absolute Gasteiger partial charge is 0.276 e. The Balaban J connectivity index is 1.72. The number of aryl methyl sites for hydroxylation is 1. The van der Waals surface area contributed by atoms with E-state index in [2.05, 4.69) is 46.6 Å². The Hall–Kier alpha value is -2.17. The standard InChI is InChI=1S/C15H18N4O/c1-11-4-6-12(7-5-11)9-13-3-2-8-19(13)15(20)14-10-16-18-17-14/h4-7,10,13H,2-3,8-9H2,1H3,(H,16,17,18). The van der Waals surface area contributed by atoms with E-state index < -0.39 is 0 Å². The van der Waals surface area contributed by atoms with E-state index >= 15 is 0 Å². The zero-order valence-electron chi connectivity index (χ0n) is 11.5. The number of hydrogen-bond donors (Lipinski definition) is 1. The molecule has 2 aromatic rings. The molecule has 1 aromatic heterocycles. The molecule has 3 rings (SSSR count). The van der Waals surface area contributed by atoms with E-state index in [4.69, 9.17) is 0 Å². The zero-order valence-corrected chi connectivity index (χ0v) is 11.5. The Bertz CT molecular complexity index is 576. The van der Waals surface area contributed by atoms with Gasteiger partial charge < -0.3 is 4.90 Å². The van der Waals surface area contributed by atoms with E-state index in [-0.39, 0.29) is 11.9 Å². The molecule has 0 radical (unpaired) electrons. The Morgan fingerprint density at radius 2 is 2.20 bits per heavy atom. The van der Waals surface area contributed by atoms with Crippen molar-refractivity contribution in [1.82, 2.24) is 20.3 Å². The van der Waals surface area contributed by atoms with Crippen LogP contribution in [0.1, 0.15) is 34.5 Å². The molecule has 104 valence electrons. The van der Waals surface area contributed by atoms with Gasteiger partial charge in [0.2, 0.25) is 0 Å². The van der Waals surface area contributed by atoms with Crippen LogP contribution in [0.3, 0.4) is 0 Å². The van der Waals surface area contributed by atoms with Crippen LogP contribution in [-0.4, -0.2) is 38.8 Å². The van der Waals surface area contributed by atoms with E-state index in [0.29, 0.717) is 5.69 Å². The first-order valence-corrected chi connectivity index (χ1v) is 6.96. The number of rotatable bonds is 3. The number of benzene rings is 1. The second-order valence-electron chi connectivity index (χ2n) is 5.34. The first-order chi connectivity index (χ1) is 9.74. The lowest BCUT2D eigenvalue weighted by Gasteiger charge is -2.24. The molecule has 1 fully saturated rings. The molecule has 5 nitrogen and oxygen atoms in total. The molecule has 1 amide bonds. The fourth-order valence-corrected chi connectivity index (χ4v) is 2.76. The molecule has 2 heterocycles. The highest BCUT2D eigenvalue weighted by atomic mass is 16.2. The van der Waals surface area contributed by atoms with Crippen LogP contribution >= 0.6 is 0 Å². The van der Waals surface area contributed by atoms with Crippen molar-refractivity contribution in [2.75, 3.05) is 6.54 Å². The van der Waals surface area contributed by atoms with Gasteiger partial charge in [0.15, 0.2) is 5.69 Å². The van der Waals surface area contributed by atoms with Crippen LogP contribution in [0.2, 0.25) is 0 Å². The summed E-state index contributed by atoms with van der Waals surface area (Å²) in [4.78, 5) is 14.3. The third-order valence-corrected chi connectivity index (χ3v) is 3.86. The molecule has 0 aliphatic carbocycles. The van der Waals surface area contributed by atoms with Gasteiger partial charge in [0.25, 0.3) is 5.91 Å². The highest BCUT2D eigenvalue weighted by Gasteiger charge is 2.30. The van der Waals surface area contributed by atoms with Crippen molar-refractivity contribution < 1.29 is 4.79 Å². The minimum absolute atomic E-state index is 0.0200. The van der Waals surface area contributed by atoms with E-state index in [1.54, 1.807) is 0 Å². The number of nitrogens with one attached hydrogen (secondary N) is 1. The predicted molar refractivity (Wildman–Crippen MR) is 75.3 cm³/mol. The fraction of sp³-hybridized carbons (Fsp3) is 0.400. The summed E-state index contributed by atoms with van der Waals surface area (Å²) in [5.41, 5.74) is 2.94. The molecule has 1 aromatic carbocycles. The summed E-state index contributed by atoms with van der Waals surface area (Å²) in [6.07, 6.45) is 4.51. The lowest BCUT2D eigenvalue weighted by molar-refractivity contribution is 0.0730. The molecular formula is C15H18N4O. The summed E-state index contributed by atoms with van der Waals surface area (Å²) in [6, 6.07) is 8.79. The third-order valence-electron chi connectivity index (χ3n) is 3.86. The van der Waals surface area contributed by atoms with Gasteiger partial charge in [0.05, 0.1) is 6.20 Å². The average Bonchev–Trinajstić information content (AvgIpc) is 3.12. The number of hydrogen-bond acceptors (Lipinski definition) is 3. The van der Waals surface area contributed by atoms with Gasteiger partial charge in [-0.25, -0.2) is 0 Å². The maximum absolute atomic E-state index is 12.4. The summed E-state index contributed by atoms with van der Waals surface area (Å²) >= 11 is 0. The van der Waals surface area contributed by atoms with Gasteiger partial charge in [-0.3, -0.25) is 4.79 Å². The summed E-state index contributed by atoms with van der Waals surface area (Å²) < 4.78 is 0. The van der Waals surface area contributed by atoms with Crippen LogP contribution < -0.4 is 0 Å². The monoisotopic (exact) mass is 270 g/mol. The van der Waals surface area contributed by atoms with Crippen LogP contribution in [0.25, 0.3) is 0 Å². The van der Waals surface area contributed by atoms with Gasteiger partial charge in [-0.1, -0.05) is 29.8 Å². The molecule has 20 heavy (non-hydrogen) atoms. The van der Waals surface area contributed by atoms with Crippen molar-refractivity contribution in [3.8, 4) is 0 Å². The maximum atomic E-state index is 12.4. The third kappa shape index (κ3) is 2.57. The van der Waals surface area contributed by atoms with Gasteiger partial charge in [-0.05, 0) is 31.7 Å². The predicted octanol–water partition coefficient (Wildman–Crippen LogP) is 1.96. The summed E-state index contributed by atoms with van der Waals surface area (Å²) in [6.45, 7) is 2.89. The van der Waals surface area contributed by atoms with E-state index in [1.165, 1.54) is 17.3 Å². The maximum Gasteiger partial charge on any atom is 0.276 e. The van der Waals surface area contributed by atoms with Gasteiger partial charge in [0.1, 0.15) is 0 Å². The van der Waals surface area contributed by atoms with Crippen molar-refractivity contribution in [3.63, 3.8) is 0 Å². The molecule has 0 bridgehead atoms. The number of H-pyrrole nitrogens is 1. The quantitative estimate of drug-likeness (QED) is 0.927. The Kier molecular flexibility index (Phi) is 3.50. The van der Waals surface area contributed by atoms with Crippen LogP contribution in [0, 0.1) is 6.92 Å². The summed E-state index contributed by atoms with van der Waals surface area (Å²) in [7, 11) is 0. The fourth-order valence-electron chi connectivity index (χ4n) is 2.76. The van der Waals surface area contributed by atoms with Crippen LogP contribution in [0.15, 0.2) is 30.5 Å². The van der Waals surface area contributed by atoms with Crippen molar-refractivity contribution in [2.45, 2.75) is 32.2 Å². The molecule has 1 aliphatic rings. The molecule has 1 atom stereocenters. The normalized spacial score (nSPS) is 18.4. The van der Waals surface area contributed by atoms with Gasteiger partial charge in [0, 0.05) is 12.6 Å². The van der Waals surface area contributed by atoms with E-state index in [0.717, 1.165) is 25.8 Å². The first-order valence-electron chi connectivity index (χ1n) is 6.96. The van der Waals surface area contributed by atoms with Crippen molar-refractivity contribution >= 4 is 5.91 Å². The highest BCUT2D eigenvalue weighted by molar-refractivity contribution is 5.92. The van der Waals surface area contributed by atoms with Gasteiger partial charge in [-0.15, -0.1) is 0 Å². The molecule has 1 saturated heterocycles. The highest BCUT2D eigenvalue weighted by Crippen LogP contribution is 2.22. The molecule has 0 spiro atoms. The molecule has 1 N–H and O–H groups in total. The number of nitrogens with zero attached hydrogens (tertiary/aromatic N) is 3. The van der Waals surface area contributed by atoms with Crippen LogP contribution in [0.5, 0.6) is 0 Å². The topological polar surface area (TPSA) is 61.9 Å². The lowest BCUT2D eigenvalue weighted by atomic mass is 10.0. The van der Waals surface area contributed by atoms with Crippen LogP contribution in [0.4, 0.5) is 0 Å². The minimum atomic E-state index is -0.0200. The lowest BCUT2D eigenvalue weighted by Crippen LogP contribution is -2.37. The van der Waals surface area contributed by atoms with Crippen molar-refractivity contribution in [2.24, 2.45) is 0 Å². The van der Waals surface area contributed by atoms with Crippen molar-refractivity contribution in [3.05, 3.63) is 47.3 Å². The largest absolute Gasteiger partial charge is 0.334 e. The Labute approximate surface area is 118 Å². The number of likely N-dealkylation sites (tertiary alicyclic amines) is 1. The molecule has 1 aliphatic heterocycles. The molecule has 5 heteroatoms. The minimum Gasteiger partial charge on any atom is -0.334 e. The second kappa shape index (κ2) is 5.45. The molecular weight excluding hydrogens is 252 g/mol. The molecule has 0 saturated carbocycles. The van der Waals surface area contributed by atoms with Crippen LogP contribution in [-0.2, 0) is 6.42 Å². The Morgan fingerprint density at radius 1 is 1.40 bits per heavy atom. The van der Waals surface area contributed by atoms with Gasteiger partial charge >= 0.3 is 0 Å². The van der Waals surface area contributed by atoms with E-state index in [9.17, 15) is 4.79 Å². The van der Waals surface area contributed by atoms with E-state index in [1.807, 2.05) is 4.90 Å². The Morgan fingerprint density at radius 3 is 2.90 bits per heavy atom. The second-order valence-corrected chi connectivity index (χ2v) is 5.34.